The second-order valence-electron chi connectivity index (χ2n) is 3.83. The van der Waals surface area contributed by atoms with Gasteiger partial charge in [-0.2, -0.15) is 0 Å². The Morgan fingerprint density at radius 1 is 1.41 bits per heavy atom. The number of hydrogen-bond donors (Lipinski definition) is 1. The number of fused-ring (bicyclic) bond motifs is 3. The molecule has 0 unspecified atom stereocenters. The first-order chi connectivity index (χ1) is 8.25. The number of primary amides is 1. The Balaban J connectivity index is 2.14. The third-order valence-electron chi connectivity index (χ3n) is 2.74. The highest BCUT2D eigenvalue weighted by atomic mass is 16.1. The Hall–Kier alpha value is -2.43. The number of aliphatic imine (C=N–C) groups is 2. The molecule has 1 aromatic rings. The lowest BCUT2D eigenvalue weighted by atomic mass is 10.1. The number of nitrogens with zero attached hydrogens (tertiary/aromatic N) is 3. The van der Waals surface area contributed by atoms with E-state index < -0.39 is 5.91 Å². The zero-order chi connectivity index (χ0) is 11.8. The molecule has 5 nitrogen and oxygen atoms in total. The van der Waals surface area contributed by atoms with Crippen molar-refractivity contribution in [3.8, 4) is 0 Å². The number of amidine groups is 1. The van der Waals surface area contributed by atoms with E-state index in [2.05, 4.69) is 9.98 Å². The van der Waals surface area contributed by atoms with Crippen molar-refractivity contribution in [3.05, 3.63) is 41.6 Å². The predicted octanol–water partition coefficient (Wildman–Crippen LogP) is 1.03. The van der Waals surface area contributed by atoms with Crippen LogP contribution in [0, 0.1) is 0 Å². The van der Waals surface area contributed by atoms with Crippen molar-refractivity contribution in [2.45, 2.75) is 0 Å². The quantitative estimate of drug-likeness (QED) is 0.777. The van der Waals surface area contributed by atoms with Crippen LogP contribution in [0.4, 0.5) is 5.69 Å². The molecule has 0 aliphatic carbocycles. The van der Waals surface area contributed by atoms with Gasteiger partial charge in [0.1, 0.15) is 5.84 Å². The highest BCUT2D eigenvalue weighted by molar-refractivity contribution is 6.12. The standard InChI is InChI=1S/C12H10N4O/c13-11(17)8-2-3-9-10(6-8)15-7-16-5-1-4-14-12(9)16/h1-4,6-7H,5H2,(H2,13,17). The lowest BCUT2D eigenvalue weighted by Gasteiger charge is -2.26. The van der Waals surface area contributed by atoms with E-state index in [-0.39, 0.29) is 0 Å². The molecule has 0 saturated heterocycles. The van der Waals surface area contributed by atoms with Crippen LogP contribution in [0.15, 0.2) is 40.5 Å². The summed E-state index contributed by atoms with van der Waals surface area (Å²) in [6.07, 6.45) is 5.45. The normalized spacial score (nSPS) is 16.2. The fourth-order valence-electron chi connectivity index (χ4n) is 1.88. The molecule has 2 aliphatic rings. The molecule has 0 spiro atoms. The van der Waals surface area contributed by atoms with E-state index >= 15 is 0 Å². The Kier molecular flexibility index (Phi) is 2.04. The largest absolute Gasteiger partial charge is 0.366 e. The van der Waals surface area contributed by atoms with Crippen LogP contribution in [-0.2, 0) is 0 Å². The van der Waals surface area contributed by atoms with Crippen LogP contribution in [0.1, 0.15) is 15.9 Å². The van der Waals surface area contributed by atoms with E-state index in [9.17, 15) is 4.79 Å². The summed E-state index contributed by atoms with van der Waals surface area (Å²) in [5.41, 5.74) is 7.34. The van der Waals surface area contributed by atoms with Gasteiger partial charge < -0.3 is 10.6 Å². The van der Waals surface area contributed by atoms with Gasteiger partial charge in [-0.3, -0.25) is 4.79 Å². The van der Waals surface area contributed by atoms with E-state index in [1.807, 2.05) is 17.0 Å². The molecular formula is C12H10N4O. The summed E-state index contributed by atoms with van der Waals surface area (Å²) < 4.78 is 0. The molecule has 0 radical (unpaired) electrons. The number of carbonyl (C=O) groups excluding carboxylic acids is 1. The van der Waals surface area contributed by atoms with Gasteiger partial charge in [0.05, 0.1) is 12.0 Å². The number of rotatable bonds is 1. The van der Waals surface area contributed by atoms with E-state index in [0.717, 1.165) is 23.6 Å². The first-order valence-corrected chi connectivity index (χ1v) is 5.23. The minimum absolute atomic E-state index is 0.448. The van der Waals surface area contributed by atoms with Crippen LogP contribution < -0.4 is 5.73 Å². The summed E-state index contributed by atoms with van der Waals surface area (Å²) in [7, 11) is 0. The summed E-state index contributed by atoms with van der Waals surface area (Å²) in [5, 5.41) is 0. The second-order valence-corrected chi connectivity index (χ2v) is 3.83. The summed E-state index contributed by atoms with van der Waals surface area (Å²) in [4.78, 5) is 21.7. The molecule has 2 aliphatic heterocycles. The maximum absolute atomic E-state index is 11.1. The van der Waals surface area contributed by atoms with Crippen LogP contribution in [0.25, 0.3) is 0 Å². The molecule has 0 aromatic heterocycles. The minimum Gasteiger partial charge on any atom is -0.366 e. The van der Waals surface area contributed by atoms with Crippen molar-refractivity contribution < 1.29 is 4.79 Å². The van der Waals surface area contributed by atoms with E-state index in [1.54, 1.807) is 24.7 Å². The zero-order valence-corrected chi connectivity index (χ0v) is 9.00. The highest BCUT2D eigenvalue weighted by Crippen LogP contribution is 2.26. The zero-order valence-electron chi connectivity index (χ0n) is 9.00. The van der Waals surface area contributed by atoms with Crippen LogP contribution in [0.3, 0.4) is 0 Å². The average Bonchev–Trinajstić information content (AvgIpc) is 2.38. The lowest BCUT2D eigenvalue weighted by Crippen LogP contribution is -2.34. The molecule has 2 heterocycles. The Morgan fingerprint density at radius 3 is 3.12 bits per heavy atom. The molecule has 0 atom stereocenters. The topological polar surface area (TPSA) is 71.1 Å². The molecule has 0 saturated carbocycles. The van der Waals surface area contributed by atoms with E-state index in [4.69, 9.17) is 5.73 Å². The Bertz CT molecular complexity index is 586. The number of amides is 1. The Labute approximate surface area is 98.0 Å². The maximum Gasteiger partial charge on any atom is 0.248 e. The van der Waals surface area contributed by atoms with E-state index in [1.165, 1.54) is 0 Å². The van der Waals surface area contributed by atoms with Gasteiger partial charge in [0.2, 0.25) is 5.91 Å². The third kappa shape index (κ3) is 1.52. The molecule has 3 rings (SSSR count). The summed E-state index contributed by atoms with van der Waals surface area (Å²) >= 11 is 0. The second kappa shape index (κ2) is 3.55. The molecule has 0 fully saturated rings. The van der Waals surface area contributed by atoms with Crippen molar-refractivity contribution in [1.82, 2.24) is 4.90 Å². The van der Waals surface area contributed by atoms with Crippen LogP contribution in [0.5, 0.6) is 0 Å². The molecule has 1 aromatic carbocycles. The van der Waals surface area contributed by atoms with Crippen molar-refractivity contribution in [2.24, 2.45) is 15.7 Å². The van der Waals surface area contributed by atoms with E-state index in [0.29, 0.717) is 5.56 Å². The predicted molar refractivity (Wildman–Crippen MR) is 65.5 cm³/mol. The number of benzene rings is 1. The third-order valence-corrected chi connectivity index (χ3v) is 2.74. The molecule has 5 heteroatoms. The average molecular weight is 226 g/mol. The van der Waals surface area contributed by atoms with Crippen molar-refractivity contribution in [1.29, 1.82) is 0 Å². The van der Waals surface area contributed by atoms with Gasteiger partial charge in [-0.05, 0) is 24.3 Å². The summed E-state index contributed by atoms with van der Waals surface area (Å²) in [6.45, 7) is 0.763. The number of nitrogens with two attached hydrogens (primary N) is 1. The van der Waals surface area contributed by atoms with Crippen LogP contribution >= 0.6 is 0 Å². The molecule has 2 N–H and O–H groups in total. The van der Waals surface area contributed by atoms with Gasteiger partial charge in [-0.1, -0.05) is 0 Å². The minimum atomic E-state index is -0.448. The molecule has 17 heavy (non-hydrogen) atoms. The number of carbonyl (C=O) groups is 1. The monoisotopic (exact) mass is 226 g/mol. The van der Waals surface area contributed by atoms with Gasteiger partial charge >= 0.3 is 0 Å². The van der Waals surface area contributed by atoms with Crippen molar-refractivity contribution in [3.63, 3.8) is 0 Å². The maximum atomic E-state index is 11.1. The fourth-order valence-corrected chi connectivity index (χ4v) is 1.88. The SMILES string of the molecule is NC(=O)c1ccc2c(c1)N=CN1CC=CN=C21. The summed E-state index contributed by atoms with van der Waals surface area (Å²) in [6, 6.07) is 5.21. The van der Waals surface area contributed by atoms with Crippen LogP contribution in [-0.4, -0.2) is 29.5 Å². The summed E-state index contributed by atoms with van der Waals surface area (Å²) in [5.74, 6) is 0.407. The van der Waals surface area contributed by atoms with Gasteiger partial charge in [-0.25, -0.2) is 9.98 Å². The van der Waals surface area contributed by atoms with Crippen molar-refractivity contribution in [2.75, 3.05) is 6.54 Å². The number of hydrogen-bond acceptors (Lipinski definition) is 4. The first kappa shape index (κ1) is 9.77. The smallest absolute Gasteiger partial charge is 0.248 e. The highest BCUT2D eigenvalue weighted by Gasteiger charge is 2.20. The fraction of sp³-hybridized carbons (Fsp3) is 0.0833. The Morgan fingerprint density at radius 2 is 2.29 bits per heavy atom. The molecular weight excluding hydrogens is 216 g/mol. The molecule has 0 bridgehead atoms. The van der Waals surface area contributed by atoms with Gasteiger partial charge in [0.15, 0.2) is 0 Å². The van der Waals surface area contributed by atoms with Gasteiger partial charge in [0, 0.05) is 23.9 Å². The van der Waals surface area contributed by atoms with Crippen molar-refractivity contribution >= 4 is 23.8 Å². The first-order valence-electron chi connectivity index (χ1n) is 5.23. The lowest BCUT2D eigenvalue weighted by molar-refractivity contribution is 0.100. The van der Waals surface area contributed by atoms with Gasteiger partial charge in [0.25, 0.3) is 0 Å². The molecule has 1 amide bonds. The van der Waals surface area contributed by atoms with Crippen LogP contribution in [0.2, 0.25) is 0 Å². The van der Waals surface area contributed by atoms with Gasteiger partial charge in [-0.15, -0.1) is 0 Å². The molecule has 84 valence electrons.